The van der Waals surface area contributed by atoms with E-state index in [9.17, 15) is 0 Å². The number of aryl methyl sites for hydroxylation is 1. The molecular weight excluding hydrogens is 502 g/mol. The third kappa shape index (κ3) is 3.55. The average molecular weight is 530 g/mol. The van der Waals surface area contributed by atoms with Gasteiger partial charge in [-0.2, -0.15) is 0 Å². The van der Waals surface area contributed by atoms with E-state index in [4.69, 9.17) is 4.42 Å². The number of aromatic nitrogens is 1. The second-order valence-electron chi connectivity index (χ2n) is 10.6. The number of hydrogen-bond acceptors (Lipinski definition) is 1. The van der Waals surface area contributed by atoms with Crippen LogP contribution in [0.4, 0.5) is 0 Å². The summed E-state index contributed by atoms with van der Waals surface area (Å²) in [5.41, 5.74) is 6.59. The molecule has 3 heteroatoms. The standard InChI is InChI=1S/C37H27NOSi/c1-25-16-18-26(19-17-25)38-34-23-20-29(40(27-10-4-2-5-11-27)28-12-6-3-7-13-28)24-33(34)31-21-22-32-30-14-8-9-15-35(30)39-37(32)36(31)38/h2-24,40H,1H3. The maximum atomic E-state index is 6.59. The van der Waals surface area contributed by atoms with Crippen molar-refractivity contribution in [1.82, 2.24) is 4.57 Å². The Labute approximate surface area is 234 Å². The van der Waals surface area contributed by atoms with Crippen molar-refractivity contribution in [2.75, 3.05) is 0 Å². The first kappa shape index (κ1) is 23.1. The van der Waals surface area contributed by atoms with Crippen LogP contribution in [0.1, 0.15) is 5.56 Å². The van der Waals surface area contributed by atoms with E-state index < -0.39 is 8.80 Å². The Balaban J connectivity index is 1.47. The summed E-state index contributed by atoms with van der Waals surface area (Å²) in [4.78, 5) is 0. The van der Waals surface area contributed by atoms with E-state index in [2.05, 4.69) is 145 Å². The summed E-state index contributed by atoms with van der Waals surface area (Å²) < 4.78 is 8.97. The highest BCUT2D eigenvalue weighted by molar-refractivity contribution is 6.95. The third-order valence-corrected chi connectivity index (χ3v) is 11.3. The highest BCUT2D eigenvalue weighted by Crippen LogP contribution is 2.39. The van der Waals surface area contributed by atoms with E-state index in [-0.39, 0.29) is 0 Å². The molecule has 40 heavy (non-hydrogen) atoms. The molecule has 2 nitrogen and oxygen atoms in total. The van der Waals surface area contributed by atoms with E-state index >= 15 is 0 Å². The average Bonchev–Trinajstić information content (AvgIpc) is 3.55. The van der Waals surface area contributed by atoms with Gasteiger partial charge in [0.15, 0.2) is 5.58 Å². The van der Waals surface area contributed by atoms with Gasteiger partial charge in [0.1, 0.15) is 14.4 Å². The van der Waals surface area contributed by atoms with Gasteiger partial charge >= 0.3 is 0 Å². The van der Waals surface area contributed by atoms with Crippen LogP contribution in [0.2, 0.25) is 0 Å². The van der Waals surface area contributed by atoms with E-state index in [1.165, 1.54) is 37.4 Å². The summed E-state index contributed by atoms with van der Waals surface area (Å²) in [5, 5.41) is 9.06. The van der Waals surface area contributed by atoms with E-state index in [1.54, 1.807) is 0 Å². The molecule has 190 valence electrons. The first-order valence-electron chi connectivity index (χ1n) is 13.8. The van der Waals surface area contributed by atoms with Gasteiger partial charge in [-0.3, -0.25) is 0 Å². The Bertz CT molecular complexity index is 2120. The lowest BCUT2D eigenvalue weighted by Crippen LogP contribution is -2.51. The van der Waals surface area contributed by atoms with Crippen molar-refractivity contribution in [2.24, 2.45) is 0 Å². The van der Waals surface area contributed by atoms with Gasteiger partial charge in [-0.15, -0.1) is 0 Å². The van der Waals surface area contributed by atoms with Crippen LogP contribution < -0.4 is 15.6 Å². The summed E-state index contributed by atoms with van der Waals surface area (Å²) in [5.74, 6) is 0. The van der Waals surface area contributed by atoms with Crippen molar-refractivity contribution in [1.29, 1.82) is 0 Å². The molecule has 0 spiro atoms. The van der Waals surface area contributed by atoms with Gasteiger partial charge in [-0.05, 0) is 37.3 Å². The van der Waals surface area contributed by atoms with E-state index in [0.29, 0.717) is 0 Å². The molecule has 0 atom stereocenters. The van der Waals surface area contributed by atoms with Gasteiger partial charge in [0.05, 0.1) is 11.0 Å². The molecule has 0 bridgehead atoms. The number of fused-ring (bicyclic) bond motifs is 7. The Kier molecular flexibility index (Phi) is 5.25. The van der Waals surface area contributed by atoms with Crippen molar-refractivity contribution in [3.05, 3.63) is 145 Å². The van der Waals surface area contributed by atoms with Gasteiger partial charge < -0.3 is 8.98 Å². The lowest BCUT2D eigenvalue weighted by atomic mass is 10.1. The summed E-state index contributed by atoms with van der Waals surface area (Å²) in [6, 6.07) is 50.9. The summed E-state index contributed by atoms with van der Waals surface area (Å²) in [6.45, 7) is 2.14. The van der Waals surface area contributed by atoms with Gasteiger partial charge in [-0.1, -0.05) is 130 Å². The molecule has 0 N–H and O–H groups in total. The molecule has 8 aromatic rings. The molecular formula is C37H27NOSi. The number of furan rings is 1. The lowest BCUT2D eigenvalue weighted by Gasteiger charge is -2.17. The van der Waals surface area contributed by atoms with E-state index in [0.717, 1.165) is 33.1 Å². The van der Waals surface area contributed by atoms with Crippen molar-refractivity contribution < 1.29 is 4.42 Å². The van der Waals surface area contributed by atoms with Crippen LogP contribution in [0.15, 0.2) is 144 Å². The van der Waals surface area contributed by atoms with Crippen LogP contribution in [-0.4, -0.2) is 13.4 Å². The number of benzene rings is 6. The van der Waals surface area contributed by atoms with Gasteiger partial charge in [0.25, 0.3) is 0 Å². The van der Waals surface area contributed by atoms with Crippen LogP contribution in [0.3, 0.4) is 0 Å². The van der Waals surface area contributed by atoms with Crippen LogP contribution >= 0.6 is 0 Å². The highest BCUT2D eigenvalue weighted by atomic mass is 28.3. The Hall–Kier alpha value is -4.86. The molecule has 2 aromatic heterocycles. The van der Waals surface area contributed by atoms with Crippen LogP contribution in [-0.2, 0) is 0 Å². The monoisotopic (exact) mass is 529 g/mol. The number of nitrogens with zero attached hydrogens (tertiary/aromatic N) is 1. The van der Waals surface area contributed by atoms with Crippen molar-refractivity contribution in [3.8, 4) is 5.69 Å². The summed E-state index contributed by atoms with van der Waals surface area (Å²) >= 11 is 0. The zero-order valence-corrected chi connectivity index (χ0v) is 23.4. The molecule has 6 aromatic carbocycles. The SMILES string of the molecule is Cc1ccc(-n2c3ccc([SiH](c4ccccc4)c4ccccc4)cc3c3ccc4c5ccccc5oc4c32)cc1. The van der Waals surface area contributed by atoms with Gasteiger partial charge in [0.2, 0.25) is 0 Å². The van der Waals surface area contributed by atoms with Crippen LogP contribution in [0.25, 0.3) is 49.4 Å². The number of hydrogen-bond donors (Lipinski definition) is 0. The predicted octanol–water partition coefficient (Wildman–Crippen LogP) is 7.24. The Morgan fingerprint density at radius 2 is 1.18 bits per heavy atom. The minimum absolute atomic E-state index is 0.923. The number of rotatable bonds is 4. The first-order chi connectivity index (χ1) is 19.8. The lowest BCUT2D eigenvalue weighted by molar-refractivity contribution is 0.671. The van der Waals surface area contributed by atoms with Gasteiger partial charge in [-0.25, -0.2) is 0 Å². The molecule has 0 radical (unpaired) electrons. The minimum Gasteiger partial charge on any atom is -0.454 e. The molecule has 0 aliphatic carbocycles. The smallest absolute Gasteiger partial charge is 0.160 e. The molecule has 0 fully saturated rings. The van der Waals surface area contributed by atoms with E-state index in [1.807, 2.05) is 6.07 Å². The van der Waals surface area contributed by atoms with Crippen LogP contribution in [0.5, 0.6) is 0 Å². The molecule has 0 aliphatic heterocycles. The number of para-hydroxylation sites is 1. The molecule has 0 aliphatic rings. The quantitative estimate of drug-likeness (QED) is 0.174. The minimum atomic E-state index is -1.67. The third-order valence-electron chi connectivity index (χ3n) is 8.19. The maximum absolute atomic E-state index is 6.59. The topological polar surface area (TPSA) is 18.1 Å². The Morgan fingerprint density at radius 1 is 0.525 bits per heavy atom. The molecule has 0 amide bonds. The Morgan fingerprint density at radius 3 is 1.90 bits per heavy atom. The highest BCUT2D eigenvalue weighted by Gasteiger charge is 2.23. The second-order valence-corrected chi connectivity index (χ2v) is 13.5. The predicted molar refractivity (Wildman–Crippen MR) is 172 cm³/mol. The van der Waals surface area contributed by atoms with Crippen molar-refractivity contribution in [2.45, 2.75) is 6.92 Å². The molecule has 2 heterocycles. The normalized spacial score (nSPS) is 11.8. The van der Waals surface area contributed by atoms with Gasteiger partial charge in [0, 0.05) is 27.2 Å². The van der Waals surface area contributed by atoms with Crippen LogP contribution in [0, 0.1) is 6.92 Å². The molecule has 0 saturated carbocycles. The summed E-state index contributed by atoms with van der Waals surface area (Å²) in [6.07, 6.45) is 0. The van der Waals surface area contributed by atoms with Crippen molar-refractivity contribution in [3.63, 3.8) is 0 Å². The molecule has 0 saturated heterocycles. The zero-order valence-electron chi connectivity index (χ0n) is 22.2. The molecule has 0 unspecified atom stereocenters. The second kappa shape index (κ2) is 9.11. The zero-order chi connectivity index (χ0) is 26.6. The maximum Gasteiger partial charge on any atom is 0.160 e. The molecule has 8 rings (SSSR count). The fourth-order valence-corrected chi connectivity index (χ4v) is 9.30. The fraction of sp³-hybridized carbons (Fsp3) is 0.0270. The first-order valence-corrected chi connectivity index (χ1v) is 15.5. The fourth-order valence-electron chi connectivity index (χ4n) is 6.31. The van der Waals surface area contributed by atoms with Crippen molar-refractivity contribution >= 4 is 68.1 Å². The summed E-state index contributed by atoms with van der Waals surface area (Å²) in [7, 11) is -1.67. The largest absolute Gasteiger partial charge is 0.454 e.